The summed E-state index contributed by atoms with van der Waals surface area (Å²) in [6.07, 6.45) is -1.13. The van der Waals surface area contributed by atoms with E-state index in [-0.39, 0.29) is 40.8 Å². The molecule has 1 heterocycles. The number of ether oxygens (including phenoxy) is 3. The van der Waals surface area contributed by atoms with Crippen molar-refractivity contribution in [2.45, 2.75) is 37.4 Å². The van der Waals surface area contributed by atoms with Gasteiger partial charge >= 0.3 is 11.9 Å². The second-order valence-corrected chi connectivity index (χ2v) is 10.5. The number of esters is 2. The van der Waals surface area contributed by atoms with Crippen molar-refractivity contribution in [3.05, 3.63) is 93.5 Å². The molecule has 3 aromatic rings. The smallest absolute Gasteiger partial charge is 0.343 e. The Morgan fingerprint density at radius 3 is 2.15 bits per heavy atom. The zero-order valence-electron chi connectivity index (χ0n) is 21.9. The Balaban J connectivity index is 1.83. The molecule has 0 aromatic heterocycles. The monoisotopic (exact) mass is 569 g/mol. The van der Waals surface area contributed by atoms with Gasteiger partial charge in [-0.3, -0.25) is 14.8 Å². The number of fused-ring (bicyclic) bond motifs is 1. The first-order valence-electron chi connectivity index (χ1n) is 12.3. The molecule has 0 saturated heterocycles. The molecule has 13 heteroatoms. The molecule has 0 saturated carbocycles. The summed E-state index contributed by atoms with van der Waals surface area (Å²) in [5.74, 6) is -1.92. The molecule has 0 spiro atoms. The van der Waals surface area contributed by atoms with Gasteiger partial charge in [-0.2, -0.15) is 0 Å². The molecule has 0 radical (unpaired) electrons. The van der Waals surface area contributed by atoms with Crippen molar-refractivity contribution in [3.8, 4) is 5.75 Å². The number of carbonyl (C=O) groups excluding carboxylic acids is 2. The lowest BCUT2D eigenvalue weighted by atomic mass is 9.86. The molecule has 1 aliphatic heterocycles. The SMILES string of the molecule is CCOC(=O)C1(C(=O)OCC)NC(c2ccc([N+](=O)[O-])cc2)Oc2ccc(NS(=O)(=O)c3ccc(C)cc3)cc21. The van der Waals surface area contributed by atoms with Crippen LogP contribution < -0.4 is 14.8 Å². The van der Waals surface area contributed by atoms with E-state index >= 15 is 0 Å². The highest BCUT2D eigenvalue weighted by Crippen LogP contribution is 2.42. The van der Waals surface area contributed by atoms with Gasteiger partial charge in [0.1, 0.15) is 5.75 Å². The molecule has 12 nitrogen and oxygen atoms in total. The summed E-state index contributed by atoms with van der Waals surface area (Å²) in [7, 11) is -4.02. The molecule has 0 aliphatic carbocycles. The third kappa shape index (κ3) is 5.46. The minimum absolute atomic E-state index is 0.0190. The summed E-state index contributed by atoms with van der Waals surface area (Å²) in [5, 5.41) is 14.0. The fourth-order valence-electron chi connectivity index (χ4n) is 4.17. The fraction of sp³-hybridized carbons (Fsp3) is 0.259. The van der Waals surface area contributed by atoms with Crippen LogP contribution in [0.15, 0.2) is 71.6 Å². The van der Waals surface area contributed by atoms with Crippen LogP contribution in [0.4, 0.5) is 11.4 Å². The van der Waals surface area contributed by atoms with E-state index < -0.39 is 38.7 Å². The van der Waals surface area contributed by atoms with Gasteiger partial charge in [0.2, 0.25) is 5.54 Å². The topological polar surface area (TPSA) is 163 Å². The van der Waals surface area contributed by atoms with E-state index in [4.69, 9.17) is 14.2 Å². The van der Waals surface area contributed by atoms with Crippen LogP contribution in [0.25, 0.3) is 0 Å². The molecular weight excluding hydrogens is 542 g/mol. The van der Waals surface area contributed by atoms with Crippen LogP contribution in [0, 0.1) is 17.0 Å². The molecule has 0 bridgehead atoms. The number of aryl methyl sites for hydroxylation is 1. The maximum Gasteiger partial charge on any atom is 0.343 e. The van der Waals surface area contributed by atoms with Gasteiger partial charge in [0.05, 0.1) is 23.0 Å². The van der Waals surface area contributed by atoms with E-state index in [0.29, 0.717) is 5.56 Å². The van der Waals surface area contributed by atoms with Crippen LogP contribution in [0.1, 0.15) is 36.8 Å². The van der Waals surface area contributed by atoms with Gasteiger partial charge in [-0.1, -0.05) is 17.7 Å². The minimum atomic E-state index is -4.02. The van der Waals surface area contributed by atoms with Gasteiger partial charge in [0.15, 0.2) is 6.23 Å². The molecule has 210 valence electrons. The lowest BCUT2D eigenvalue weighted by Gasteiger charge is -2.40. The number of nitro groups is 1. The Hall–Kier alpha value is -4.49. The Labute approximate surface area is 230 Å². The number of benzene rings is 3. The predicted octanol–water partition coefficient (Wildman–Crippen LogP) is 3.71. The predicted molar refractivity (Wildman–Crippen MR) is 143 cm³/mol. The molecule has 1 aliphatic rings. The van der Waals surface area contributed by atoms with Crippen LogP contribution in [-0.4, -0.2) is 38.5 Å². The van der Waals surface area contributed by atoms with Crippen molar-refractivity contribution in [1.29, 1.82) is 0 Å². The lowest BCUT2D eigenvalue weighted by Crippen LogP contribution is -2.60. The number of sulfonamides is 1. The Bertz CT molecular complexity index is 1520. The van der Waals surface area contributed by atoms with E-state index in [1.54, 1.807) is 26.0 Å². The van der Waals surface area contributed by atoms with Gasteiger partial charge in [-0.15, -0.1) is 0 Å². The highest BCUT2D eigenvalue weighted by molar-refractivity contribution is 7.92. The molecule has 0 amide bonds. The maximum atomic E-state index is 13.5. The van der Waals surface area contributed by atoms with Crippen molar-refractivity contribution in [2.75, 3.05) is 17.9 Å². The summed E-state index contributed by atoms with van der Waals surface area (Å²) in [4.78, 5) is 37.6. The number of hydrogen-bond acceptors (Lipinski definition) is 10. The van der Waals surface area contributed by atoms with Crippen molar-refractivity contribution in [1.82, 2.24) is 5.32 Å². The van der Waals surface area contributed by atoms with Crippen molar-refractivity contribution in [3.63, 3.8) is 0 Å². The zero-order chi connectivity index (χ0) is 29.1. The first kappa shape index (κ1) is 28.5. The number of hydrogen-bond donors (Lipinski definition) is 2. The summed E-state index contributed by atoms with van der Waals surface area (Å²) in [5.41, 5.74) is -1.14. The fourth-order valence-corrected chi connectivity index (χ4v) is 5.22. The number of nitrogens with zero attached hydrogens (tertiary/aromatic N) is 1. The molecule has 2 N–H and O–H groups in total. The first-order chi connectivity index (χ1) is 19.0. The first-order valence-corrected chi connectivity index (χ1v) is 13.8. The number of anilines is 1. The van der Waals surface area contributed by atoms with Gasteiger partial charge < -0.3 is 14.2 Å². The van der Waals surface area contributed by atoms with Crippen molar-refractivity contribution >= 4 is 33.3 Å². The summed E-state index contributed by atoms with van der Waals surface area (Å²) >= 11 is 0. The van der Waals surface area contributed by atoms with Gasteiger partial charge in [0, 0.05) is 28.9 Å². The van der Waals surface area contributed by atoms with Crippen molar-refractivity contribution in [2.24, 2.45) is 0 Å². The van der Waals surface area contributed by atoms with Crippen LogP contribution in [-0.2, 0) is 34.6 Å². The van der Waals surface area contributed by atoms with E-state index in [9.17, 15) is 28.1 Å². The second kappa shape index (κ2) is 11.3. The van der Waals surface area contributed by atoms with Crippen LogP contribution in [0.5, 0.6) is 5.75 Å². The largest absolute Gasteiger partial charge is 0.471 e. The Kier molecular flexibility index (Phi) is 8.07. The molecule has 1 unspecified atom stereocenters. The molecular formula is C27H27N3O9S. The van der Waals surface area contributed by atoms with Crippen LogP contribution in [0.2, 0.25) is 0 Å². The second-order valence-electron chi connectivity index (χ2n) is 8.81. The van der Waals surface area contributed by atoms with E-state index in [1.165, 1.54) is 54.6 Å². The van der Waals surface area contributed by atoms with Gasteiger partial charge in [0.25, 0.3) is 15.7 Å². The Morgan fingerprint density at radius 1 is 1.00 bits per heavy atom. The zero-order valence-corrected chi connectivity index (χ0v) is 22.7. The molecule has 0 fully saturated rings. The van der Waals surface area contributed by atoms with Crippen molar-refractivity contribution < 1.29 is 37.1 Å². The molecule has 1 atom stereocenters. The highest BCUT2D eigenvalue weighted by Gasteiger charge is 2.56. The maximum absolute atomic E-state index is 13.5. The lowest BCUT2D eigenvalue weighted by molar-refractivity contribution is -0.384. The average molecular weight is 570 g/mol. The van der Waals surface area contributed by atoms with E-state index in [1.807, 2.05) is 6.92 Å². The van der Waals surface area contributed by atoms with E-state index in [2.05, 4.69) is 10.0 Å². The number of non-ortho nitro benzene ring substituents is 1. The molecule has 4 rings (SSSR count). The number of nitrogens with one attached hydrogen (secondary N) is 2. The normalized spacial score (nSPS) is 15.7. The third-order valence-electron chi connectivity index (χ3n) is 6.13. The van der Waals surface area contributed by atoms with E-state index in [0.717, 1.165) is 5.56 Å². The quantitative estimate of drug-likeness (QED) is 0.168. The number of nitro benzene ring substituents is 1. The van der Waals surface area contributed by atoms with Gasteiger partial charge in [-0.25, -0.2) is 23.3 Å². The average Bonchev–Trinajstić information content (AvgIpc) is 2.92. The number of carbonyl (C=O) groups is 2. The summed E-state index contributed by atoms with van der Waals surface area (Å²) in [6.45, 7) is 4.82. The number of rotatable bonds is 9. The van der Waals surface area contributed by atoms with Gasteiger partial charge in [-0.05, 0) is 63.2 Å². The summed E-state index contributed by atoms with van der Waals surface area (Å²) < 4.78 is 45.1. The Morgan fingerprint density at radius 2 is 1.60 bits per heavy atom. The highest BCUT2D eigenvalue weighted by atomic mass is 32.2. The molecule has 40 heavy (non-hydrogen) atoms. The standard InChI is InChI=1S/C27H27N3O9S/c1-4-37-25(31)27(26(32)38-5-2)22-16-19(29-40(35,36)21-13-6-17(3)7-14-21)10-15-23(22)39-24(28-27)18-8-11-20(12-9-18)30(33)34/h6-16,24,28-29H,4-5H2,1-3H3. The molecule has 3 aromatic carbocycles. The summed E-state index contributed by atoms with van der Waals surface area (Å²) in [6, 6.07) is 15.7. The minimum Gasteiger partial charge on any atom is -0.471 e. The third-order valence-corrected chi connectivity index (χ3v) is 7.53. The van der Waals surface area contributed by atoms with Crippen LogP contribution >= 0.6 is 0 Å². The van der Waals surface area contributed by atoms with Crippen LogP contribution in [0.3, 0.4) is 0 Å².